The van der Waals surface area contributed by atoms with Crippen LogP contribution < -0.4 is 9.64 Å². The summed E-state index contributed by atoms with van der Waals surface area (Å²) in [5.41, 5.74) is 1.46. The van der Waals surface area contributed by atoms with Crippen molar-refractivity contribution in [1.82, 2.24) is 14.9 Å². The average molecular weight is 409 g/mol. The molecule has 3 heterocycles. The van der Waals surface area contributed by atoms with E-state index in [-0.39, 0.29) is 17.9 Å². The molecule has 0 bridgehead atoms. The molecule has 1 aromatic heterocycles. The molecular weight excluding hydrogens is 380 g/mol. The number of likely N-dealkylation sites (tertiary alicyclic amines) is 1. The van der Waals surface area contributed by atoms with E-state index in [1.165, 1.54) is 0 Å². The largest absolute Gasteiger partial charge is 0.497 e. The fourth-order valence-electron chi connectivity index (χ4n) is 5.24. The zero-order valence-electron chi connectivity index (χ0n) is 17.5. The van der Waals surface area contributed by atoms with E-state index < -0.39 is 5.41 Å². The summed E-state index contributed by atoms with van der Waals surface area (Å²) < 4.78 is 5.38. The first-order valence-corrected chi connectivity index (χ1v) is 10.5. The molecule has 7 heteroatoms. The van der Waals surface area contributed by atoms with Crippen molar-refractivity contribution >= 4 is 11.9 Å². The molecule has 2 saturated heterocycles. The molecule has 158 valence electrons. The molecule has 1 amide bonds. The summed E-state index contributed by atoms with van der Waals surface area (Å²) in [5.74, 6) is 2.13. The van der Waals surface area contributed by atoms with Crippen molar-refractivity contribution in [1.29, 1.82) is 0 Å². The first-order valence-electron chi connectivity index (χ1n) is 10.5. The van der Waals surface area contributed by atoms with Crippen LogP contribution in [0.4, 0.5) is 5.95 Å². The maximum atomic E-state index is 13.7. The number of anilines is 1. The van der Waals surface area contributed by atoms with Gasteiger partial charge in [0, 0.05) is 43.5 Å². The van der Waals surface area contributed by atoms with E-state index >= 15 is 0 Å². The van der Waals surface area contributed by atoms with Crippen molar-refractivity contribution in [3.8, 4) is 5.75 Å². The molecule has 1 saturated carbocycles. The number of hydrogen-bond donors (Lipinski definition) is 1. The minimum Gasteiger partial charge on any atom is -0.497 e. The number of aliphatic hydroxyl groups is 1. The number of carbonyl (C=O) groups is 1. The van der Waals surface area contributed by atoms with Gasteiger partial charge in [0.1, 0.15) is 5.75 Å². The first kappa shape index (κ1) is 19.3. The number of ether oxygens (including phenoxy) is 1. The van der Waals surface area contributed by atoms with Crippen LogP contribution >= 0.6 is 0 Å². The van der Waals surface area contributed by atoms with Gasteiger partial charge in [-0.15, -0.1) is 0 Å². The van der Waals surface area contributed by atoms with Gasteiger partial charge in [-0.05, 0) is 49.4 Å². The summed E-state index contributed by atoms with van der Waals surface area (Å²) in [7, 11) is 1.66. The molecule has 5 rings (SSSR count). The van der Waals surface area contributed by atoms with Crippen molar-refractivity contribution < 1.29 is 14.6 Å². The fraction of sp³-hybridized carbons (Fsp3) is 0.522. The Morgan fingerprint density at radius 1 is 1.30 bits per heavy atom. The number of amides is 1. The van der Waals surface area contributed by atoms with E-state index in [4.69, 9.17) is 4.74 Å². The molecule has 1 aromatic carbocycles. The van der Waals surface area contributed by atoms with Crippen LogP contribution in [0.25, 0.3) is 0 Å². The lowest BCUT2D eigenvalue weighted by molar-refractivity contribution is -0.143. The number of piperidine rings is 1. The Balaban J connectivity index is 1.39. The van der Waals surface area contributed by atoms with Crippen molar-refractivity contribution in [3.63, 3.8) is 0 Å². The first-order chi connectivity index (χ1) is 14.5. The number of hydrogen-bond acceptors (Lipinski definition) is 6. The Hall–Kier alpha value is -2.67. The van der Waals surface area contributed by atoms with Gasteiger partial charge in [-0.25, -0.2) is 9.97 Å². The van der Waals surface area contributed by atoms with Gasteiger partial charge in [-0.3, -0.25) is 4.79 Å². The van der Waals surface area contributed by atoms with Crippen molar-refractivity contribution in [2.75, 3.05) is 44.8 Å². The summed E-state index contributed by atoms with van der Waals surface area (Å²) in [6.45, 7) is 4.76. The Morgan fingerprint density at radius 3 is 2.83 bits per heavy atom. The summed E-state index contributed by atoms with van der Waals surface area (Å²) in [5, 5.41) is 9.77. The second-order valence-corrected chi connectivity index (χ2v) is 9.27. The fourth-order valence-corrected chi connectivity index (χ4v) is 5.24. The molecule has 2 aromatic rings. The molecular formula is C23H28N4O3. The molecule has 0 radical (unpaired) electrons. The van der Waals surface area contributed by atoms with Gasteiger partial charge >= 0.3 is 0 Å². The minimum absolute atomic E-state index is 0.0457. The van der Waals surface area contributed by atoms with Crippen LogP contribution in [-0.4, -0.2) is 65.8 Å². The molecule has 2 atom stereocenters. The highest BCUT2D eigenvalue weighted by molar-refractivity contribution is 5.87. The second kappa shape index (κ2) is 6.94. The van der Waals surface area contributed by atoms with E-state index in [2.05, 4.69) is 20.9 Å². The standard InChI is InChI=1S/C23H28N4O3/c1-16-6-7-24-21(25-16)27-12-22(13-27,9-17-4-3-5-19(8-17)30-2)20(29)26-11-18-10-23(18,14-26)15-28/h3-8,18,28H,9-15H2,1-2H3/t18-,23+/m1/s1. The highest BCUT2D eigenvalue weighted by Gasteiger charge is 2.63. The number of aliphatic hydroxyl groups excluding tert-OH is 1. The van der Waals surface area contributed by atoms with E-state index in [1.807, 2.05) is 36.1 Å². The predicted octanol–water partition coefficient (Wildman–Crippen LogP) is 1.68. The van der Waals surface area contributed by atoms with Crippen LogP contribution in [0.5, 0.6) is 5.75 Å². The van der Waals surface area contributed by atoms with Crippen LogP contribution in [0.1, 0.15) is 17.7 Å². The number of aromatic nitrogens is 2. The Labute approximate surface area is 176 Å². The molecule has 1 aliphatic carbocycles. The van der Waals surface area contributed by atoms with E-state index in [0.717, 1.165) is 30.0 Å². The summed E-state index contributed by atoms with van der Waals surface area (Å²) in [4.78, 5) is 26.7. The number of benzene rings is 1. The smallest absolute Gasteiger partial charge is 0.232 e. The molecule has 30 heavy (non-hydrogen) atoms. The predicted molar refractivity (Wildman–Crippen MR) is 112 cm³/mol. The molecule has 0 spiro atoms. The highest BCUT2D eigenvalue weighted by atomic mass is 16.5. The SMILES string of the molecule is COc1cccc(CC2(C(=O)N3C[C@H]4C[C@@]4(CO)C3)CN(c3nccc(C)n3)C2)c1. The van der Waals surface area contributed by atoms with Crippen LogP contribution in [0, 0.1) is 23.7 Å². The third-order valence-corrected chi connectivity index (χ3v) is 7.09. The number of methoxy groups -OCH3 is 1. The molecule has 3 aliphatic rings. The van der Waals surface area contributed by atoms with Gasteiger partial charge in [0.15, 0.2) is 0 Å². The average Bonchev–Trinajstić information content (AvgIpc) is 3.30. The number of fused-ring (bicyclic) bond motifs is 1. The second-order valence-electron chi connectivity index (χ2n) is 9.27. The third-order valence-electron chi connectivity index (χ3n) is 7.09. The Morgan fingerprint density at radius 2 is 2.13 bits per heavy atom. The van der Waals surface area contributed by atoms with Crippen LogP contribution in [0.2, 0.25) is 0 Å². The summed E-state index contributed by atoms with van der Waals surface area (Å²) >= 11 is 0. The zero-order chi connectivity index (χ0) is 20.9. The lowest BCUT2D eigenvalue weighted by Crippen LogP contribution is -2.65. The van der Waals surface area contributed by atoms with Crippen LogP contribution in [-0.2, 0) is 11.2 Å². The summed E-state index contributed by atoms with van der Waals surface area (Å²) in [6.07, 6.45) is 3.46. The van der Waals surface area contributed by atoms with Gasteiger partial charge in [0.2, 0.25) is 11.9 Å². The van der Waals surface area contributed by atoms with Crippen LogP contribution in [0.3, 0.4) is 0 Å². The van der Waals surface area contributed by atoms with E-state index in [1.54, 1.807) is 13.3 Å². The number of carbonyl (C=O) groups excluding carboxylic acids is 1. The maximum Gasteiger partial charge on any atom is 0.232 e. The Bertz CT molecular complexity index is 970. The van der Waals surface area contributed by atoms with Crippen LogP contribution in [0.15, 0.2) is 36.5 Å². The minimum atomic E-state index is -0.507. The van der Waals surface area contributed by atoms with E-state index in [9.17, 15) is 9.90 Å². The molecule has 0 unspecified atom stereocenters. The number of rotatable bonds is 6. The molecule has 3 fully saturated rings. The van der Waals surface area contributed by atoms with Gasteiger partial charge < -0.3 is 19.6 Å². The van der Waals surface area contributed by atoms with Crippen molar-refractivity contribution in [2.45, 2.75) is 19.8 Å². The molecule has 2 aliphatic heterocycles. The molecule has 7 nitrogen and oxygen atoms in total. The van der Waals surface area contributed by atoms with E-state index in [0.29, 0.717) is 37.9 Å². The van der Waals surface area contributed by atoms with Crippen molar-refractivity contribution in [2.24, 2.45) is 16.7 Å². The number of nitrogens with zero attached hydrogens (tertiary/aromatic N) is 4. The third kappa shape index (κ3) is 3.12. The summed E-state index contributed by atoms with van der Waals surface area (Å²) in [6, 6.07) is 9.84. The topological polar surface area (TPSA) is 78.8 Å². The van der Waals surface area contributed by atoms with Gasteiger partial charge in [0.05, 0.1) is 19.1 Å². The highest BCUT2D eigenvalue weighted by Crippen LogP contribution is 2.58. The Kier molecular flexibility index (Phi) is 4.47. The maximum absolute atomic E-state index is 13.7. The monoisotopic (exact) mass is 408 g/mol. The lowest BCUT2D eigenvalue weighted by atomic mass is 9.73. The van der Waals surface area contributed by atoms with Gasteiger partial charge in [-0.1, -0.05) is 12.1 Å². The lowest BCUT2D eigenvalue weighted by Gasteiger charge is -2.50. The van der Waals surface area contributed by atoms with Gasteiger partial charge in [0.25, 0.3) is 0 Å². The quantitative estimate of drug-likeness (QED) is 0.784. The van der Waals surface area contributed by atoms with Gasteiger partial charge in [-0.2, -0.15) is 0 Å². The molecule has 1 N–H and O–H groups in total. The number of aryl methyl sites for hydroxylation is 1. The van der Waals surface area contributed by atoms with Crippen molar-refractivity contribution in [3.05, 3.63) is 47.8 Å². The normalized spacial score (nSPS) is 26.2. The zero-order valence-corrected chi connectivity index (χ0v) is 17.5.